The van der Waals surface area contributed by atoms with Gasteiger partial charge in [-0.3, -0.25) is 4.79 Å². The molecule has 0 atom stereocenters. The van der Waals surface area contributed by atoms with Crippen LogP contribution in [0.4, 0.5) is 0 Å². The van der Waals surface area contributed by atoms with Crippen LogP contribution in [0.5, 0.6) is 0 Å². The Morgan fingerprint density at radius 1 is 1.35 bits per heavy atom. The highest BCUT2D eigenvalue weighted by atomic mass is 79.9. The van der Waals surface area contributed by atoms with Gasteiger partial charge in [-0.25, -0.2) is 0 Å². The maximum Gasteiger partial charge on any atom is 0.227 e. The predicted molar refractivity (Wildman–Crippen MR) is 76.4 cm³/mol. The summed E-state index contributed by atoms with van der Waals surface area (Å²) in [4.78, 5) is 13.7. The van der Waals surface area contributed by atoms with E-state index in [4.69, 9.17) is 0 Å². The van der Waals surface area contributed by atoms with E-state index in [2.05, 4.69) is 37.9 Å². The monoisotopic (exact) mass is 357 g/mol. The van der Waals surface area contributed by atoms with Crippen LogP contribution in [-0.4, -0.2) is 17.4 Å². The van der Waals surface area contributed by atoms with Crippen molar-refractivity contribution in [3.05, 3.63) is 38.8 Å². The van der Waals surface area contributed by atoms with Gasteiger partial charge in [-0.15, -0.1) is 0 Å². The molecule has 0 N–H and O–H groups in total. The standard InChI is InChI=1S/C13H13Br2NO/c1-2-16-12(4-3-5-13(16)17)10-7-6-9(14)8-11(10)15/h4,6-8H,2-3,5H2,1H3. The molecular formula is C13H13Br2NO. The van der Waals surface area contributed by atoms with Crippen molar-refractivity contribution in [2.24, 2.45) is 0 Å². The van der Waals surface area contributed by atoms with Crippen LogP contribution in [-0.2, 0) is 4.79 Å². The summed E-state index contributed by atoms with van der Waals surface area (Å²) >= 11 is 6.98. The van der Waals surface area contributed by atoms with Crippen molar-refractivity contribution in [3.63, 3.8) is 0 Å². The average molecular weight is 359 g/mol. The van der Waals surface area contributed by atoms with Crippen molar-refractivity contribution in [2.75, 3.05) is 6.54 Å². The second-order valence-corrected chi connectivity index (χ2v) is 5.66. The third-order valence-corrected chi connectivity index (χ3v) is 3.96. The molecule has 1 heterocycles. The lowest BCUT2D eigenvalue weighted by Gasteiger charge is -2.28. The van der Waals surface area contributed by atoms with Crippen LogP contribution in [0, 0.1) is 0 Å². The third-order valence-electron chi connectivity index (χ3n) is 2.81. The topological polar surface area (TPSA) is 20.3 Å². The summed E-state index contributed by atoms with van der Waals surface area (Å²) in [6, 6.07) is 6.03. The van der Waals surface area contributed by atoms with Crippen LogP contribution in [0.2, 0.25) is 0 Å². The van der Waals surface area contributed by atoms with E-state index < -0.39 is 0 Å². The molecule has 1 aliphatic heterocycles. The number of carbonyl (C=O) groups excluding carboxylic acids is 1. The van der Waals surface area contributed by atoms with E-state index in [9.17, 15) is 4.79 Å². The summed E-state index contributed by atoms with van der Waals surface area (Å²) in [7, 11) is 0. The molecule has 0 saturated heterocycles. The summed E-state index contributed by atoms with van der Waals surface area (Å²) in [5.74, 6) is 0.208. The van der Waals surface area contributed by atoms with Gasteiger partial charge in [0, 0.05) is 33.2 Å². The Hall–Kier alpha value is -0.610. The molecule has 1 amide bonds. The molecule has 0 unspecified atom stereocenters. The van der Waals surface area contributed by atoms with Crippen molar-refractivity contribution < 1.29 is 4.79 Å². The van der Waals surface area contributed by atoms with E-state index in [1.54, 1.807) is 0 Å². The van der Waals surface area contributed by atoms with E-state index in [-0.39, 0.29) is 5.91 Å². The molecule has 0 saturated carbocycles. The maximum atomic E-state index is 11.8. The van der Waals surface area contributed by atoms with E-state index in [1.807, 2.05) is 30.0 Å². The van der Waals surface area contributed by atoms with Crippen LogP contribution < -0.4 is 0 Å². The number of hydrogen-bond acceptors (Lipinski definition) is 1. The molecule has 1 aromatic rings. The minimum Gasteiger partial charge on any atom is -0.312 e. The van der Waals surface area contributed by atoms with Gasteiger partial charge >= 0.3 is 0 Å². The van der Waals surface area contributed by atoms with Crippen molar-refractivity contribution in [1.82, 2.24) is 4.90 Å². The number of halogens is 2. The Balaban J connectivity index is 2.44. The van der Waals surface area contributed by atoms with Gasteiger partial charge in [0.25, 0.3) is 0 Å². The molecule has 0 aliphatic carbocycles. The first-order valence-corrected chi connectivity index (χ1v) is 7.18. The summed E-state index contributed by atoms with van der Waals surface area (Å²) in [5, 5.41) is 0. The van der Waals surface area contributed by atoms with E-state index >= 15 is 0 Å². The zero-order chi connectivity index (χ0) is 12.4. The van der Waals surface area contributed by atoms with Crippen LogP contribution in [0.25, 0.3) is 5.70 Å². The fourth-order valence-corrected chi connectivity index (χ4v) is 3.26. The quantitative estimate of drug-likeness (QED) is 0.776. The molecule has 90 valence electrons. The fourth-order valence-electron chi connectivity index (χ4n) is 2.01. The lowest BCUT2D eigenvalue weighted by atomic mass is 10.0. The number of benzene rings is 1. The smallest absolute Gasteiger partial charge is 0.227 e. The molecule has 0 bridgehead atoms. The van der Waals surface area contributed by atoms with Crippen molar-refractivity contribution in [2.45, 2.75) is 19.8 Å². The number of amides is 1. The van der Waals surface area contributed by atoms with E-state index in [1.165, 1.54) is 0 Å². The Labute approximate surface area is 118 Å². The van der Waals surface area contributed by atoms with Gasteiger partial charge in [-0.1, -0.05) is 44.0 Å². The normalized spacial score (nSPS) is 16.1. The second-order valence-electron chi connectivity index (χ2n) is 3.89. The summed E-state index contributed by atoms with van der Waals surface area (Å²) in [5.41, 5.74) is 2.09. The molecule has 4 heteroatoms. The SMILES string of the molecule is CCN1C(=O)CCC=C1c1ccc(Br)cc1Br. The highest BCUT2D eigenvalue weighted by molar-refractivity contribution is 9.11. The van der Waals surface area contributed by atoms with Gasteiger partial charge < -0.3 is 4.90 Å². The molecule has 2 nitrogen and oxygen atoms in total. The number of nitrogens with zero attached hydrogens (tertiary/aromatic N) is 1. The molecule has 0 spiro atoms. The summed E-state index contributed by atoms with van der Waals surface area (Å²) in [6.07, 6.45) is 3.58. The molecule has 0 fully saturated rings. The van der Waals surface area contributed by atoms with Gasteiger partial charge in [0.05, 0.1) is 0 Å². The lowest BCUT2D eigenvalue weighted by molar-refractivity contribution is -0.128. The summed E-state index contributed by atoms with van der Waals surface area (Å²) in [6.45, 7) is 2.72. The molecular weight excluding hydrogens is 346 g/mol. The average Bonchev–Trinajstić information content (AvgIpc) is 2.29. The highest BCUT2D eigenvalue weighted by Crippen LogP contribution is 2.32. The highest BCUT2D eigenvalue weighted by Gasteiger charge is 2.22. The maximum absolute atomic E-state index is 11.8. The van der Waals surface area contributed by atoms with Crippen LogP contribution in [0.15, 0.2) is 33.2 Å². The van der Waals surface area contributed by atoms with Crippen molar-refractivity contribution in [3.8, 4) is 0 Å². The Bertz CT molecular complexity index is 482. The number of hydrogen-bond donors (Lipinski definition) is 0. The van der Waals surface area contributed by atoms with Crippen LogP contribution in [0.1, 0.15) is 25.3 Å². The predicted octanol–water partition coefficient (Wildman–Crippen LogP) is 4.19. The van der Waals surface area contributed by atoms with E-state index in [0.717, 1.165) is 26.6 Å². The Morgan fingerprint density at radius 3 is 2.76 bits per heavy atom. The fraction of sp³-hybridized carbons (Fsp3) is 0.308. The van der Waals surface area contributed by atoms with Gasteiger partial charge in [0.15, 0.2) is 0 Å². The minimum absolute atomic E-state index is 0.208. The molecule has 0 aromatic heterocycles. The molecule has 1 aromatic carbocycles. The van der Waals surface area contributed by atoms with Gasteiger partial charge in [0.1, 0.15) is 0 Å². The Morgan fingerprint density at radius 2 is 2.12 bits per heavy atom. The van der Waals surface area contributed by atoms with Gasteiger partial charge in [-0.2, -0.15) is 0 Å². The zero-order valence-corrected chi connectivity index (χ0v) is 12.7. The van der Waals surface area contributed by atoms with Crippen molar-refractivity contribution >= 4 is 43.5 Å². The first-order chi connectivity index (χ1) is 8.13. The van der Waals surface area contributed by atoms with Gasteiger partial charge in [0.2, 0.25) is 5.91 Å². The largest absolute Gasteiger partial charge is 0.312 e. The zero-order valence-electron chi connectivity index (χ0n) is 9.54. The second kappa shape index (κ2) is 5.36. The first-order valence-electron chi connectivity index (χ1n) is 5.59. The van der Waals surface area contributed by atoms with Crippen LogP contribution >= 0.6 is 31.9 Å². The lowest BCUT2D eigenvalue weighted by Crippen LogP contribution is -2.31. The molecule has 1 aliphatic rings. The molecule has 0 radical (unpaired) electrons. The number of carbonyl (C=O) groups is 1. The number of allylic oxidation sites excluding steroid dienone is 1. The first kappa shape index (κ1) is 12.8. The number of rotatable bonds is 2. The van der Waals surface area contributed by atoms with E-state index in [0.29, 0.717) is 13.0 Å². The molecule has 2 rings (SSSR count). The Kier molecular flexibility index (Phi) is 4.05. The van der Waals surface area contributed by atoms with Crippen molar-refractivity contribution in [1.29, 1.82) is 0 Å². The third kappa shape index (κ3) is 2.63. The minimum atomic E-state index is 0.208. The molecule has 17 heavy (non-hydrogen) atoms. The van der Waals surface area contributed by atoms with Gasteiger partial charge in [-0.05, 0) is 25.5 Å². The van der Waals surface area contributed by atoms with Crippen LogP contribution in [0.3, 0.4) is 0 Å². The summed E-state index contributed by atoms with van der Waals surface area (Å²) < 4.78 is 2.03.